The zero-order chi connectivity index (χ0) is 24.8. The van der Waals surface area contributed by atoms with Gasteiger partial charge < -0.3 is 19.9 Å². The molecule has 0 radical (unpaired) electrons. The van der Waals surface area contributed by atoms with E-state index in [9.17, 15) is 22.3 Å². The van der Waals surface area contributed by atoms with Crippen molar-refractivity contribution in [2.45, 2.75) is 16.9 Å². The van der Waals surface area contributed by atoms with Crippen LogP contribution in [0.5, 0.6) is 11.6 Å². The molecule has 0 saturated carbocycles. The van der Waals surface area contributed by atoms with Gasteiger partial charge in [-0.2, -0.15) is 8.78 Å². The molecule has 35 heavy (non-hydrogen) atoms. The number of fused-ring (bicyclic) bond motifs is 1. The van der Waals surface area contributed by atoms with E-state index in [-0.39, 0.29) is 23.2 Å². The largest absolute Gasteiger partial charge is 0.492 e. The smallest absolute Gasteiger partial charge is 0.388 e. The first-order chi connectivity index (χ1) is 16.8. The highest BCUT2D eigenvalue weighted by Gasteiger charge is 2.16. The van der Waals surface area contributed by atoms with E-state index in [0.717, 1.165) is 11.3 Å². The van der Waals surface area contributed by atoms with Gasteiger partial charge in [-0.15, -0.1) is 16.4 Å². The van der Waals surface area contributed by atoms with Crippen LogP contribution < -0.4 is 19.5 Å². The number of rotatable bonds is 12. The molecule has 4 aromatic rings. The molecule has 0 aliphatic heterocycles. The van der Waals surface area contributed by atoms with E-state index in [0.29, 0.717) is 34.4 Å². The molecule has 13 heteroatoms. The third kappa shape index (κ3) is 6.45. The number of ether oxygens (including phenoxy) is 2. The van der Waals surface area contributed by atoms with Crippen molar-refractivity contribution in [2.24, 2.45) is 0 Å². The number of anilines is 1. The lowest BCUT2D eigenvalue weighted by Gasteiger charge is -2.14. The number of halogens is 2. The van der Waals surface area contributed by atoms with Crippen molar-refractivity contribution in [3.63, 3.8) is 0 Å². The molecule has 0 bridgehead atoms. The minimum absolute atomic E-state index is 0.180. The Morgan fingerprint density at radius 1 is 1.14 bits per heavy atom. The highest BCUT2D eigenvalue weighted by molar-refractivity contribution is 7.94. The topological polar surface area (TPSA) is 126 Å². The van der Waals surface area contributed by atoms with Gasteiger partial charge in [0.05, 0.1) is 17.0 Å². The summed E-state index contributed by atoms with van der Waals surface area (Å²) in [5.41, 5.74) is 1.40. The van der Waals surface area contributed by atoms with E-state index in [1.165, 1.54) is 6.07 Å². The summed E-state index contributed by atoms with van der Waals surface area (Å²) >= 11 is 1.12. The molecular weight excluding hydrogens is 502 g/mol. The molecular formula is C22H22F2N4O5S2. The second-order valence-electron chi connectivity index (χ2n) is 7.35. The first kappa shape index (κ1) is 24.9. The predicted octanol–water partition coefficient (Wildman–Crippen LogP) is 3.73. The maximum Gasteiger partial charge on any atom is 0.388 e. The van der Waals surface area contributed by atoms with Crippen LogP contribution >= 0.6 is 11.3 Å². The van der Waals surface area contributed by atoms with Gasteiger partial charge in [-0.1, -0.05) is 18.2 Å². The number of sulfonamides is 1. The molecule has 0 spiro atoms. The lowest BCUT2D eigenvalue weighted by molar-refractivity contribution is -0.0518. The number of nitrogens with one attached hydrogen (secondary N) is 3. The normalized spacial score (nSPS) is 12.7. The Hall–Kier alpha value is -3.26. The summed E-state index contributed by atoms with van der Waals surface area (Å²) in [5, 5.41) is 22.0. The Morgan fingerprint density at radius 2 is 2.00 bits per heavy atom. The number of aliphatic hydroxyl groups excluding tert-OH is 1. The van der Waals surface area contributed by atoms with Gasteiger partial charge in [0.1, 0.15) is 16.6 Å². The molecule has 0 fully saturated rings. The maximum atomic E-state index is 12.4. The number of aromatic amines is 1. The Morgan fingerprint density at radius 3 is 2.77 bits per heavy atom. The summed E-state index contributed by atoms with van der Waals surface area (Å²) in [6, 6.07) is 14.6. The Bertz CT molecular complexity index is 1360. The van der Waals surface area contributed by atoms with E-state index in [1.54, 1.807) is 53.9 Å². The monoisotopic (exact) mass is 524 g/mol. The predicted molar refractivity (Wildman–Crippen MR) is 128 cm³/mol. The Balaban J connectivity index is 1.24. The molecule has 186 valence electrons. The summed E-state index contributed by atoms with van der Waals surface area (Å²) < 4.78 is 62.3. The number of aliphatic hydroxyl groups is 1. The Labute approximate surface area is 203 Å². The molecule has 2 heterocycles. The highest BCUT2D eigenvalue weighted by Crippen LogP contribution is 2.27. The fraction of sp³-hybridized carbons (Fsp3) is 0.227. The van der Waals surface area contributed by atoms with E-state index in [1.807, 2.05) is 0 Å². The lowest BCUT2D eigenvalue weighted by atomic mass is 10.1. The standard InChI is InChI=1S/C22H22F2N4O5S2/c23-22(24)33-21-17-7-6-16(12-18(17)26-27-21)32-9-8-25-13-19(29)14-3-1-4-15(11-14)28-35(30,31)20-5-2-10-34-20/h1-7,10-12,19,22,25,28-29H,8-9,13H2,(H,26,27). The number of hydrogen-bond acceptors (Lipinski definition) is 8. The fourth-order valence-corrected chi connectivity index (χ4v) is 5.31. The third-order valence-electron chi connectivity index (χ3n) is 4.87. The van der Waals surface area contributed by atoms with Crippen molar-refractivity contribution in [3.05, 3.63) is 65.5 Å². The molecule has 4 N–H and O–H groups in total. The number of benzene rings is 2. The number of hydrogen-bond donors (Lipinski definition) is 4. The number of nitrogens with zero attached hydrogens (tertiary/aromatic N) is 1. The summed E-state index contributed by atoms with van der Waals surface area (Å²) in [7, 11) is -3.67. The second kappa shape index (κ2) is 11.0. The quantitative estimate of drug-likeness (QED) is 0.208. The zero-order valence-electron chi connectivity index (χ0n) is 18.1. The summed E-state index contributed by atoms with van der Waals surface area (Å²) in [6.45, 7) is -2.04. The zero-order valence-corrected chi connectivity index (χ0v) is 19.8. The van der Waals surface area contributed by atoms with Gasteiger partial charge in [0.25, 0.3) is 10.0 Å². The van der Waals surface area contributed by atoms with Gasteiger partial charge in [0, 0.05) is 24.8 Å². The van der Waals surface area contributed by atoms with Gasteiger partial charge in [0.2, 0.25) is 5.88 Å². The first-order valence-electron chi connectivity index (χ1n) is 10.4. The van der Waals surface area contributed by atoms with Crippen molar-refractivity contribution >= 4 is 38.0 Å². The van der Waals surface area contributed by atoms with E-state index in [4.69, 9.17) is 4.74 Å². The van der Waals surface area contributed by atoms with Gasteiger partial charge >= 0.3 is 6.61 Å². The average molecular weight is 525 g/mol. The van der Waals surface area contributed by atoms with Gasteiger partial charge in [-0.3, -0.25) is 9.82 Å². The average Bonchev–Trinajstić information content (AvgIpc) is 3.49. The van der Waals surface area contributed by atoms with Crippen molar-refractivity contribution in [1.29, 1.82) is 0 Å². The number of aromatic nitrogens is 2. The molecule has 0 aliphatic carbocycles. The lowest BCUT2D eigenvalue weighted by Crippen LogP contribution is -2.26. The summed E-state index contributed by atoms with van der Waals surface area (Å²) in [4.78, 5) is 0. The minimum Gasteiger partial charge on any atom is -0.492 e. The number of thiophene rings is 1. The minimum atomic E-state index is -3.67. The van der Waals surface area contributed by atoms with E-state index >= 15 is 0 Å². The summed E-state index contributed by atoms with van der Waals surface area (Å²) in [6.07, 6.45) is -0.865. The van der Waals surface area contributed by atoms with Crippen molar-refractivity contribution < 1.29 is 31.8 Å². The Kier molecular flexibility index (Phi) is 7.80. The molecule has 9 nitrogen and oxygen atoms in total. The first-order valence-corrected chi connectivity index (χ1v) is 12.8. The van der Waals surface area contributed by atoms with Crippen LogP contribution in [-0.2, 0) is 10.0 Å². The van der Waals surface area contributed by atoms with Crippen LogP contribution in [-0.4, -0.2) is 50.0 Å². The molecule has 2 aromatic carbocycles. The summed E-state index contributed by atoms with van der Waals surface area (Å²) in [5.74, 6) is 0.332. The maximum absolute atomic E-state index is 12.4. The van der Waals surface area contributed by atoms with Gasteiger partial charge in [0.15, 0.2) is 0 Å². The van der Waals surface area contributed by atoms with E-state index < -0.39 is 22.7 Å². The van der Waals surface area contributed by atoms with E-state index in [2.05, 4.69) is 25.0 Å². The van der Waals surface area contributed by atoms with Crippen LogP contribution in [0.4, 0.5) is 14.5 Å². The SMILES string of the molecule is O=S(=O)(Nc1cccc(C(O)CNCCOc2ccc3c(OC(F)F)n[nH]c3c2)c1)c1cccs1. The number of alkyl halides is 2. The molecule has 1 unspecified atom stereocenters. The molecule has 1 atom stereocenters. The molecule has 0 saturated heterocycles. The van der Waals surface area contributed by atoms with Crippen molar-refractivity contribution in [1.82, 2.24) is 15.5 Å². The van der Waals surface area contributed by atoms with Crippen LogP contribution in [0.25, 0.3) is 10.9 Å². The number of H-pyrrole nitrogens is 1. The molecule has 4 rings (SSSR count). The van der Waals surface area contributed by atoms with Crippen molar-refractivity contribution in [2.75, 3.05) is 24.4 Å². The highest BCUT2D eigenvalue weighted by atomic mass is 32.2. The van der Waals surface area contributed by atoms with Crippen molar-refractivity contribution in [3.8, 4) is 11.6 Å². The fourth-order valence-electron chi connectivity index (χ4n) is 3.27. The van der Waals surface area contributed by atoms with Crippen LogP contribution in [0.1, 0.15) is 11.7 Å². The third-order valence-corrected chi connectivity index (χ3v) is 7.65. The van der Waals surface area contributed by atoms with Crippen LogP contribution in [0, 0.1) is 0 Å². The van der Waals surface area contributed by atoms with Gasteiger partial charge in [-0.05, 0) is 41.3 Å². The second-order valence-corrected chi connectivity index (χ2v) is 10.2. The molecule has 0 aliphatic rings. The molecule has 2 aromatic heterocycles. The van der Waals surface area contributed by atoms with Crippen LogP contribution in [0.15, 0.2) is 64.2 Å². The van der Waals surface area contributed by atoms with Crippen LogP contribution in [0.2, 0.25) is 0 Å². The van der Waals surface area contributed by atoms with Gasteiger partial charge in [-0.25, -0.2) is 8.42 Å². The van der Waals surface area contributed by atoms with Crippen LogP contribution in [0.3, 0.4) is 0 Å². The molecule has 0 amide bonds.